The molecule has 1 aliphatic carbocycles. The molecule has 0 aromatic carbocycles. The molecule has 0 aromatic rings. The van der Waals surface area contributed by atoms with E-state index in [0.29, 0.717) is 19.3 Å². The molecule has 1 unspecified atom stereocenters. The molecule has 0 spiro atoms. The average molecular weight is 114 g/mol. The van der Waals surface area contributed by atoms with Crippen LogP contribution in [0.4, 0.5) is 0 Å². The second-order valence-electron chi connectivity index (χ2n) is 1.73. The van der Waals surface area contributed by atoms with E-state index in [1.807, 2.05) is 0 Å². The molecule has 3 nitrogen and oxygen atoms in total. The summed E-state index contributed by atoms with van der Waals surface area (Å²) in [5, 5.41) is 0. The molecule has 3 heteroatoms. The third kappa shape index (κ3) is 0.710. The van der Waals surface area contributed by atoms with Crippen molar-refractivity contribution in [3.8, 4) is 0 Å². The topological polar surface area (TPSA) is 43.4 Å². The number of ether oxygens (including phenoxy) is 1. The van der Waals surface area contributed by atoms with Crippen molar-refractivity contribution in [1.82, 2.24) is 0 Å². The molecule has 1 fully saturated rings. The summed E-state index contributed by atoms with van der Waals surface area (Å²) in [6.07, 6.45) is 0.864. The Hall–Kier alpha value is -0.860. The molecule has 8 heavy (non-hydrogen) atoms. The summed E-state index contributed by atoms with van der Waals surface area (Å²) in [6.45, 7) is 0.321. The van der Waals surface area contributed by atoms with E-state index in [1.165, 1.54) is 0 Å². The molecule has 1 rings (SSSR count). The molecule has 44 valence electrons. The summed E-state index contributed by atoms with van der Waals surface area (Å²) in [7, 11) is 0. The van der Waals surface area contributed by atoms with Crippen LogP contribution in [0.5, 0.6) is 0 Å². The van der Waals surface area contributed by atoms with Gasteiger partial charge in [0, 0.05) is 6.42 Å². The Morgan fingerprint density at radius 2 is 2.50 bits per heavy atom. The van der Waals surface area contributed by atoms with E-state index in [9.17, 15) is 9.59 Å². The molecule has 1 atom stereocenters. The summed E-state index contributed by atoms with van der Waals surface area (Å²) >= 11 is 0. The number of carbonyl (C=O) groups is 2. The van der Waals surface area contributed by atoms with E-state index in [0.717, 1.165) is 0 Å². The van der Waals surface area contributed by atoms with E-state index in [-0.39, 0.29) is 5.78 Å². The van der Waals surface area contributed by atoms with Crippen molar-refractivity contribution in [3.05, 3.63) is 0 Å². The lowest BCUT2D eigenvalue weighted by molar-refractivity contribution is -0.150. The monoisotopic (exact) mass is 114 g/mol. The van der Waals surface area contributed by atoms with E-state index < -0.39 is 6.10 Å². The number of hydrogen-bond acceptors (Lipinski definition) is 3. The van der Waals surface area contributed by atoms with Crippen molar-refractivity contribution < 1.29 is 14.3 Å². The minimum Gasteiger partial charge on any atom is -0.457 e. The molecule has 0 amide bonds. The van der Waals surface area contributed by atoms with Gasteiger partial charge in [0.15, 0.2) is 11.9 Å². The quantitative estimate of drug-likeness (QED) is 0.470. The van der Waals surface area contributed by atoms with Gasteiger partial charge in [-0.05, 0) is 6.42 Å². The maximum atomic E-state index is 10.3. The van der Waals surface area contributed by atoms with Crippen LogP contribution in [0.25, 0.3) is 0 Å². The number of hydrogen-bond donors (Lipinski definition) is 0. The van der Waals surface area contributed by atoms with Gasteiger partial charge in [0.2, 0.25) is 0 Å². The number of ketones is 1. The van der Waals surface area contributed by atoms with Crippen LogP contribution in [-0.2, 0) is 14.3 Å². The summed E-state index contributed by atoms with van der Waals surface area (Å²) in [4.78, 5) is 19.9. The van der Waals surface area contributed by atoms with Crippen LogP contribution in [0.3, 0.4) is 0 Å². The van der Waals surface area contributed by atoms with Gasteiger partial charge in [0.05, 0.1) is 0 Å². The van der Waals surface area contributed by atoms with Crippen LogP contribution in [0.2, 0.25) is 0 Å². The number of Topliss-reactive ketones (excluding diaryl/α,β-unsaturated/α-hetero) is 1. The highest BCUT2D eigenvalue weighted by molar-refractivity contribution is 5.89. The van der Waals surface area contributed by atoms with Gasteiger partial charge >= 0.3 is 0 Å². The highest BCUT2D eigenvalue weighted by Crippen LogP contribution is 2.16. The van der Waals surface area contributed by atoms with Gasteiger partial charge in [-0.15, -0.1) is 0 Å². The Morgan fingerprint density at radius 3 is 2.62 bits per heavy atom. The molecule has 0 bridgehead atoms. The highest BCUT2D eigenvalue weighted by Gasteiger charge is 2.29. The van der Waals surface area contributed by atoms with E-state index in [2.05, 4.69) is 4.74 Å². The van der Waals surface area contributed by atoms with Crippen LogP contribution in [0, 0.1) is 0 Å². The van der Waals surface area contributed by atoms with Crippen molar-refractivity contribution in [1.29, 1.82) is 0 Å². The first-order valence-electron chi connectivity index (χ1n) is 2.46. The third-order valence-electron chi connectivity index (χ3n) is 1.23. The summed E-state index contributed by atoms with van der Waals surface area (Å²) in [5.74, 6) is 0.0390. The van der Waals surface area contributed by atoms with E-state index >= 15 is 0 Å². The van der Waals surface area contributed by atoms with Gasteiger partial charge in [-0.25, -0.2) is 0 Å². The number of carbonyl (C=O) groups excluding carboxylic acids is 2. The molecule has 0 saturated heterocycles. The normalized spacial score (nSPS) is 26.5. The van der Waals surface area contributed by atoms with Gasteiger partial charge in [-0.2, -0.15) is 0 Å². The SMILES string of the molecule is O=COC1CCC1=O. The lowest BCUT2D eigenvalue weighted by Crippen LogP contribution is -2.33. The maximum absolute atomic E-state index is 10.3. The molecule has 0 aromatic heterocycles. The third-order valence-corrected chi connectivity index (χ3v) is 1.23. The van der Waals surface area contributed by atoms with Gasteiger partial charge < -0.3 is 4.74 Å². The molecule has 0 aliphatic heterocycles. The standard InChI is InChI=1S/C5H6O3/c6-3-8-5-2-1-4(5)7/h3,5H,1-2H2. The van der Waals surface area contributed by atoms with Crippen LogP contribution < -0.4 is 0 Å². The summed E-state index contributed by atoms with van der Waals surface area (Å²) in [5.41, 5.74) is 0. The van der Waals surface area contributed by atoms with Gasteiger partial charge in [-0.1, -0.05) is 0 Å². The van der Waals surface area contributed by atoms with Gasteiger partial charge in [-0.3, -0.25) is 9.59 Å². The largest absolute Gasteiger partial charge is 0.457 e. The fourth-order valence-corrected chi connectivity index (χ4v) is 0.591. The van der Waals surface area contributed by atoms with E-state index in [4.69, 9.17) is 0 Å². The Morgan fingerprint density at radius 1 is 1.75 bits per heavy atom. The molecule has 0 N–H and O–H groups in total. The van der Waals surface area contributed by atoms with E-state index in [1.54, 1.807) is 0 Å². The van der Waals surface area contributed by atoms with Crippen molar-refractivity contribution in [2.45, 2.75) is 18.9 Å². The molecule has 0 heterocycles. The minimum absolute atomic E-state index is 0.0390. The van der Waals surface area contributed by atoms with Crippen molar-refractivity contribution >= 4 is 12.3 Å². The summed E-state index contributed by atoms with van der Waals surface area (Å²) < 4.78 is 4.36. The Balaban J connectivity index is 2.26. The fraction of sp³-hybridized carbons (Fsp3) is 0.600. The van der Waals surface area contributed by atoms with Crippen LogP contribution in [0.15, 0.2) is 0 Å². The zero-order chi connectivity index (χ0) is 5.98. The zero-order valence-electron chi connectivity index (χ0n) is 4.29. The Kier molecular flexibility index (Phi) is 1.28. The van der Waals surface area contributed by atoms with Crippen molar-refractivity contribution in [3.63, 3.8) is 0 Å². The minimum atomic E-state index is -0.410. The molecule has 1 aliphatic rings. The average Bonchev–Trinajstić information content (AvgIpc) is 1.79. The first kappa shape index (κ1) is 5.28. The van der Waals surface area contributed by atoms with Crippen LogP contribution >= 0.6 is 0 Å². The van der Waals surface area contributed by atoms with Crippen LogP contribution in [0.1, 0.15) is 12.8 Å². The fourth-order valence-electron chi connectivity index (χ4n) is 0.591. The second kappa shape index (κ2) is 1.94. The lowest BCUT2D eigenvalue weighted by atomic mass is 9.94. The zero-order valence-corrected chi connectivity index (χ0v) is 4.29. The van der Waals surface area contributed by atoms with Gasteiger partial charge in [0.25, 0.3) is 6.47 Å². The summed E-state index contributed by atoms with van der Waals surface area (Å²) in [6, 6.07) is 0. The Bertz CT molecular complexity index is 119. The predicted molar refractivity (Wildman–Crippen MR) is 25.2 cm³/mol. The second-order valence-corrected chi connectivity index (χ2v) is 1.73. The van der Waals surface area contributed by atoms with Crippen molar-refractivity contribution in [2.24, 2.45) is 0 Å². The Labute approximate surface area is 46.6 Å². The van der Waals surface area contributed by atoms with Gasteiger partial charge in [0.1, 0.15) is 0 Å². The first-order chi connectivity index (χ1) is 3.84. The molecule has 1 saturated carbocycles. The molecular formula is C5H6O3. The highest BCUT2D eigenvalue weighted by atomic mass is 16.5. The van der Waals surface area contributed by atoms with Crippen LogP contribution in [-0.4, -0.2) is 18.4 Å². The lowest BCUT2D eigenvalue weighted by Gasteiger charge is -2.20. The number of rotatable bonds is 2. The smallest absolute Gasteiger partial charge is 0.293 e. The maximum Gasteiger partial charge on any atom is 0.293 e. The van der Waals surface area contributed by atoms with Crippen molar-refractivity contribution in [2.75, 3.05) is 0 Å². The predicted octanol–water partition coefficient (Wildman–Crippen LogP) is -0.109. The molecule has 0 radical (unpaired) electrons. The first-order valence-corrected chi connectivity index (χ1v) is 2.46. The molecular weight excluding hydrogens is 108 g/mol.